The van der Waals surface area contributed by atoms with Crippen LogP contribution in [0.1, 0.15) is 45.0 Å². The summed E-state index contributed by atoms with van der Waals surface area (Å²) < 4.78 is 1.12. The van der Waals surface area contributed by atoms with E-state index < -0.39 is 0 Å². The van der Waals surface area contributed by atoms with Crippen molar-refractivity contribution in [2.75, 3.05) is 11.9 Å². The van der Waals surface area contributed by atoms with E-state index in [9.17, 15) is 4.79 Å². The zero-order chi connectivity index (χ0) is 17.1. The largest absolute Gasteiger partial charge is 0.322 e. The molecule has 0 radical (unpaired) electrons. The summed E-state index contributed by atoms with van der Waals surface area (Å²) in [5.41, 5.74) is 2.46. The average molecular weight is 343 g/mol. The molecule has 4 rings (SSSR count). The normalized spacial score (nSPS) is 28.3. The summed E-state index contributed by atoms with van der Waals surface area (Å²) >= 11 is 1.66. The third kappa shape index (κ3) is 2.79. The zero-order valence-electron chi connectivity index (χ0n) is 14.8. The van der Waals surface area contributed by atoms with E-state index in [1.807, 2.05) is 25.1 Å². The van der Waals surface area contributed by atoms with Crippen LogP contribution >= 0.6 is 11.3 Å². The molecule has 1 N–H and O–H groups in total. The number of hydrogen-bond donors (Lipinski definition) is 1. The second-order valence-electron chi connectivity index (χ2n) is 8.69. The van der Waals surface area contributed by atoms with Gasteiger partial charge < -0.3 is 10.2 Å². The van der Waals surface area contributed by atoms with Gasteiger partial charge in [-0.25, -0.2) is 9.78 Å². The summed E-state index contributed by atoms with van der Waals surface area (Å²) in [5.74, 6) is 0. The van der Waals surface area contributed by atoms with E-state index in [-0.39, 0.29) is 11.4 Å². The molecule has 1 aromatic heterocycles. The topological polar surface area (TPSA) is 45.2 Å². The number of aromatic nitrogens is 1. The Labute approximate surface area is 147 Å². The predicted molar refractivity (Wildman–Crippen MR) is 99.6 cm³/mol. The quantitative estimate of drug-likeness (QED) is 0.788. The highest BCUT2D eigenvalue weighted by Crippen LogP contribution is 2.52. The Morgan fingerprint density at radius 3 is 2.92 bits per heavy atom. The molecule has 2 bridgehead atoms. The number of carbonyl (C=O) groups is 1. The number of urea groups is 1. The molecule has 2 fully saturated rings. The van der Waals surface area contributed by atoms with Crippen molar-refractivity contribution in [3.8, 4) is 0 Å². The SMILES string of the molecule is Cc1nc2ccc(NC(=O)N3CC4(C)CC3CC(C)(C)C4)cc2s1. The van der Waals surface area contributed by atoms with Crippen LogP contribution in [-0.4, -0.2) is 28.5 Å². The van der Waals surface area contributed by atoms with Gasteiger partial charge in [-0.1, -0.05) is 20.8 Å². The van der Waals surface area contributed by atoms with Crippen LogP contribution in [0.2, 0.25) is 0 Å². The van der Waals surface area contributed by atoms with E-state index in [0.717, 1.165) is 40.3 Å². The molecular formula is C19H25N3OS. The summed E-state index contributed by atoms with van der Waals surface area (Å²) in [5, 5.41) is 4.16. The lowest BCUT2D eigenvalue weighted by atomic mass is 9.65. The van der Waals surface area contributed by atoms with Gasteiger partial charge in [-0.2, -0.15) is 0 Å². The minimum atomic E-state index is 0.0435. The molecule has 2 aliphatic rings. The van der Waals surface area contributed by atoms with E-state index in [2.05, 4.69) is 36.0 Å². The standard InChI is InChI=1S/C19H25N3OS/c1-12-20-15-6-5-13(7-16(15)24-12)21-17(23)22-11-19(4)9-14(22)8-18(2,3)10-19/h5-7,14H,8-11H2,1-4H3,(H,21,23). The highest BCUT2D eigenvalue weighted by molar-refractivity contribution is 7.18. The van der Waals surface area contributed by atoms with E-state index in [1.165, 1.54) is 6.42 Å². The lowest BCUT2D eigenvalue weighted by Gasteiger charge is -2.39. The summed E-state index contributed by atoms with van der Waals surface area (Å²) in [7, 11) is 0. The molecule has 4 nitrogen and oxygen atoms in total. The second kappa shape index (κ2) is 5.19. The van der Waals surface area contributed by atoms with E-state index in [1.54, 1.807) is 11.3 Å². The van der Waals surface area contributed by atoms with Gasteiger partial charge in [0.25, 0.3) is 0 Å². The van der Waals surface area contributed by atoms with Gasteiger partial charge in [-0.3, -0.25) is 0 Å². The maximum Gasteiger partial charge on any atom is 0.322 e. The van der Waals surface area contributed by atoms with Gasteiger partial charge in [0.15, 0.2) is 0 Å². The number of fused-ring (bicyclic) bond motifs is 3. The van der Waals surface area contributed by atoms with Crippen molar-refractivity contribution < 1.29 is 4.79 Å². The Hall–Kier alpha value is -1.62. The minimum absolute atomic E-state index is 0.0435. The number of carbonyl (C=O) groups excluding carboxylic acids is 1. The maximum atomic E-state index is 12.9. The predicted octanol–water partition coefficient (Wildman–Crippen LogP) is 5.04. The van der Waals surface area contributed by atoms with Crippen LogP contribution in [0.5, 0.6) is 0 Å². The molecule has 2 heterocycles. The second-order valence-corrected chi connectivity index (χ2v) is 9.92. The van der Waals surface area contributed by atoms with Crippen LogP contribution in [0, 0.1) is 17.8 Å². The van der Waals surface area contributed by atoms with Crippen molar-refractivity contribution in [3.05, 3.63) is 23.2 Å². The number of thiazole rings is 1. The van der Waals surface area contributed by atoms with Crippen molar-refractivity contribution in [1.82, 2.24) is 9.88 Å². The third-order valence-electron chi connectivity index (χ3n) is 5.42. The number of benzene rings is 1. The maximum absolute atomic E-state index is 12.9. The minimum Gasteiger partial charge on any atom is -0.321 e. The lowest BCUT2D eigenvalue weighted by Crippen LogP contribution is -2.40. The van der Waals surface area contributed by atoms with Crippen molar-refractivity contribution in [3.63, 3.8) is 0 Å². The number of hydrogen-bond acceptors (Lipinski definition) is 3. The number of nitrogens with one attached hydrogen (secondary N) is 1. The summed E-state index contributed by atoms with van der Waals surface area (Å²) in [4.78, 5) is 19.4. The molecule has 2 aromatic rings. The number of nitrogens with zero attached hydrogens (tertiary/aromatic N) is 2. The Morgan fingerprint density at radius 1 is 1.33 bits per heavy atom. The fraction of sp³-hybridized carbons (Fsp3) is 0.579. The molecule has 1 saturated carbocycles. The molecule has 0 spiro atoms. The average Bonchev–Trinajstić information content (AvgIpc) is 2.93. The highest BCUT2D eigenvalue weighted by Gasteiger charge is 2.50. The molecule has 1 aromatic carbocycles. The first-order valence-electron chi connectivity index (χ1n) is 8.68. The fourth-order valence-corrected chi connectivity index (χ4v) is 5.88. The van der Waals surface area contributed by atoms with Gasteiger partial charge in [0.2, 0.25) is 0 Å². The van der Waals surface area contributed by atoms with Gasteiger partial charge in [0, 0.05) is 18.3 Å². The summed E-state index contributed by atoms with van der Waals surface area (Å²) in [6, 6.07) is 6.38. The molecule has 2 amide bonds. The first-order chi connectivity index (χ1) is 11.2. The molecule has 1 aliphatic heterocycles. The van der Waals surface area contributed by atoms with Crippen LogP contribution in [0.25, 0.3) is 10.2 Å². The Bertz CT molecular complexity index is 812. The van der Waals surface area contributed by atoms with Crippen molar-refractivity contribution in [2.45, 2.75) is 53.0 Å². The summed E-state index contributed by atoms with van der Waals surface area (Å²) in [6.45, 7) is 9.88. The molecular weight excluding hydrogens is 318 g/mol. The Kier molecular flexibility index (Phi) is 3.43. The van der Waals surface area contributed by atoms with Crippen molar-refractivity contribution in [1.29, 1.82) is 0 Å². The van der Waals surface area contributed by atoms with Crippen LogP contribution in [-0.2, 0) is 0 Å². The van der Waals surface area contributed by atoms with Crippen LogP contribution < -0.4 is 5.32 Å². The number of anilines is 1. The van der Waals surface area contributed by atoms with Crippen molar-refractivity contribution in [2.24, 2.45) is 10.8 Å². The first kappa shape index (κ1) is 15.9. The molecule has 5 heteroatoms. The highest BCUT2D eigenvalue weighted by atomic mass is 32.1. The van der Waals surface area contributed by atoms with E-state index >= 15 is 0 Å². The zero-order valence-corrected chi connectivity index (χ0v) is 15.7. The number of aryl methyl sites for hydroxylation is 1. The van der Waals surface area contributed by atoms with Crippen LogP contribution in [0.3, 0.4) is 0 Å². The number of rotatable bonds is 1. The Morgan fingerprint density at radius 2 is 2.12 bits per heavy atom. The van der Waals surface area contributed by atoms with Crippen molar-refractivity contribution >= 4 is 33.3 Å². The van der Waals surface area contributed by atoms with E-state index in [4.69, 9.17) is 0 Å². The number of amides is 2. The smallest absolute Gasteiger partial charge is 0.321 e. The van der Waals surface area contributed by atoms with Crippen LogP contribution in [0.4, 0.5) is 10.5 Å². The van der Waals surface area contributed by atoms with Crippen LogP contribution in [0.15, 0.2) is 18.2 Å². The fourth-order valence-electron chi connectivity index (χ4n) is 5.01. The molecule has 2 atom stereocenters. The van der Waals surface area contributed by atoms with Gasteiger partial charge in [-0.15, -0.1) is 11.3 Å². The van der Waals surface area contributed by atoms with Gasteiger partial charge in [-0.05, 0) is 55.2 Å². The summed E-state index contributed by atoms with van der Waals surface area (Å²) in [6.07, 6.45) is 3.44. The molecule has 24 heavy (non-hydrogen) atoms. The third-order valence-corrected chi connectivity index (χ3v) is 6.36. The monoisotopic (exact) mass is 343 g/mol. The van der Waals surface area contributed by atoms with Gasteiger partial charge >= 0.3 is 6.03 Å². The molecule has 1 saturated heterocycles. The van der Waals surface area contributed by atoms with E-state index in [0.29, 0.717) is 11.5 Å². The molecule has 128 valence electrons. The van der Waals surface area contributed by atoms with Gasteiger partial charge in [0.05, 0.1) is 15.2 Å². The number of likely N-dealkylation sites (tertiary alicyclic amines) is 1. The van der Waals surface area contributed by atoms with Gasteiger partial charge in [0.1, 0.15) is 0 Å². The lowest BCUT2D eigenvalue weighted by molar-refractivity contribution is 0.130. The molecule has 2 unspecified atom stereocenters. The molecule has 1 aliphatic carbocycles. The first-order valence-corrected chi connectivity index (χ1v) is 9.50. The Balaban J connectivity index is 1.53.